The van der Waals surface area contributed by atoms with Gasteiger partial charge in [0.1, 0.15) is 0 Å². The normalized spacial score (nSPS) is 9.71. The summed E-state index contributed by atoms with van der Waals surface area (Å²) >= 11 is 0. The molecule has 7 heteroatoms. The molecule has 0 spiro atoms. The van der Waals surface area contributed by atoms with E-state index < -0.39 is 10.8 Å². The van der Waals surface area contributed by atoms with Crippen LogP contribution in [0, 0.1) is 0 Å². The molecule has 0 N–H and O–H groups in total. The number of carbonyl (C=O) groups excluding carboxylic acids is 5. The van der Waals surface area contributed by atoms with Crippen LogP contribution in [0.15, 0.2) is 30.3 Å². The Kier molecular flexibility index (Phi) is 4.42. The van der Waals surface area contributed by atoms with E-state index in [0.29, 0.717) is 11.0 Å². The third kappa shape index (κ3) is 2.61. The molecule has 1 aromatic carbocycles. The maximum atomic E-state index is 11.1. The van der Waals surface area contributed by atoms with E-state index in [4.69, 9.17) is 4.74 Å². The predicted molar refractivity (Wildman–Crippen MR) is 70.6 cm³/mol. The molecular formula is C14H10O6W. The van der Waals surface area contributed by atoms with E-state index in [1.807, 2.05) is 6.07 Å². The van der Waals surface area contributed by atoms with Crippen LogP contribution in [0.1, 0.15) is 5.56 Å². The van der Waals surface area contributed by atoms with Crippen molar-refractivity contribution in [1.82, 2.24) is 0 Å². The second-order valence-electron chi connectivity index (χ2n) is 4.23. The zero-order chi connectivity index (χ0) is 15.9. The molecule has 0 fully saturated rings. The molecule has 0 radical (unpaired) electrons. The summed E-state index contributed by atoms with van der Waals surface area (Å²) in [6.07, 6.45) is 0.360. The van der Waals surface area contributed by atoms with Gasteiger partial charge in [-0.2, -0.15) is 0 Å². The molecule has 0 aliphatic rings. The molecule has 1 aromatic rings. The number of benzene rings is 1. The molecule has 0 bridgehead atoms. The van der Waals surface area contributed by atoms with Gasteiger partial charge in [-0.25, -0.2) is 0 Å². The van der Waals surface area contributed by atoms with Crippen LogP contribution in [-0.4, -0.2) is 32.5 Å². The van der Waals surface area contributed by atoms with E-state index in [2.05, 4.69) is 0 Å². The van der Waals surface area contributed by atoms with Crippen LogP contribution in [0.5, 0.6) is 0 Å². The van der Waals surface area contributed by atoms with Gasteiger partial charge in [-0.05, 0) is 0 Å². The summed E-state index contributed by atoms with van der Waals surface area (Å²) in [5, 5.41) is 0. The van der Waals surface area contributed by atoms with Crippen molar-refractivity contribution in [2.45, 2.75) is 6.42 Å². The summed E-state index contributed by atoms with van der Waals surface area (Å²) in [7, 11) is -7.33. The molecule has 21 heavy (non-hydrogen) atoms. The fraction of sp³-hybridized carbons (Fsp3) is 0.143. The molecule has 0 aliphatic carbocycles. The molecule has 6 nitrogen and oxygen atoms in total. The summed E-state index contributed by atoms with van der Waals surface area (Å²) in [6, 6.07) is 8.99. The van der Waals surface area contributed by atoms with Gasteiger partial charge in [0, 0.05) is 0 Å². The number of hydrogen-bond donors (Lipinski definition) is 0. The molecular weight excluding hydrogens is 448 g/mol. The van der Waals surface area contributed by atoms with E-state index in [-0.39, 0.29) is 6.61 Å². The molecule has 0 saturated heterocycles. The first kappa shape index (κ1) is 16.7. The first-order valence-corrected chi connectivity index (χ1v) is 14.6. The van der Waals surface area contributed by atoms with E-state index in [9.17, 15) is 24.0 Å². The third-order valence-electron chi connectivity index (χ3n) is 2.73. The van der Waals surface area contributed by atoms with Crippen LogP contribution >= 0.6 is 0 Å². The summed E-state index contributed by atoms with van der Waals surface area (Å²) in [6.45, 7) is -0.0780. The second kappa shape index (κ2) is 5.56. The monoisotopic (exact) mass is 458 g/mol. The quantitative estimate of drug-likeness (QED) is 0.569. The first-order valence-electron chi connectivity index (χ1n) is 5.57. The fourth-order valence-corrected chi connectivity index (χ4v) is 4.80. The number of ether oxygens (including phenoxy) is 1. The summed E-state index contributed by atoms with van der Waals surface area (Å²) < 4.78 is 9.81. The Bertz CT molecular complexity index is 1150. The van der Waals surface area contributed by atoms with Crippen LogP contribution in [-0.2, 0) is 45.9 Å². The van der Waals surface area contributed by atoms with Crippen LogP contribution in [0.4, 0.5) is 0 Å². The van der Waals surface area contributed by atoms with E-state index in [0.717, 1.165) is 26.9 Å². The fourth-order valence-electron chi connectivity index (χ4n) is 1.31. The third-order valence-corrected chi connectivity index (χ3v) is 12.7. The SMILES string of the molecule is O=[C]=[W](=[C]=O)(=[C]=O)(=[C]=O)(=[C]=O)=[CH]OCCc1ccccc1. The van der Waals surface area contributed by atoms with Gasteiger partial charge in [0.25, 0.3) is 0 Å². The predicted octanol–water partition coefficient (Wildman–Crippen LogP) is -0.433. The Labute approximate surface area is 114 Å². The minimum absolute atomic E-state index is 0.0780. The van der Waals surface area contributed by atoms with Crippen molar-refractivity contribution in [2.24, 2.45) is 0 Å². The van der Waals surface area contributed by atoms with Crippen LogP contribution < -0.4 is 0 Å². The van der Waals surface area contributed by atoms with E-state index in [1.165, 1.54) is 0 Å². The minimum atomic E-state index is -7.33. The molecule has 0 amide bonds. The molecule has 0 unspecified atom stereocenters. The summed E-state index contributed by atoms with van der Waals surface area (Å²) in [5.41, 5.74) is 0.874. The summed E-state index contributed by atoms with van der Waals surface area (Å²) in [5.74, 6) is 0. The molecule has 0 saturated carbocycles. The van der Waals surface area contributed by atoms with Crippen molar-refractivity contribution < 1.29 is 39.5 Å². The van der Waals surface area contributed by atoms with Gasteiger partial charge in [0.2, 0.25) is 0 Å². The summed E-state index contributed by atoms with van der Waals surface area (Å²) in [4.78, 5) is 55.3. The average molecular weight is 458 g/mol. The Morgan fingerprint density at radius 2 is 1.33 bits per heavy atom. The van der Waals surface area contributed by atoms with Gasteiger partial charge >= 0.3 is 114 Å². The van der Waals surface area contributed by atoms with Crippen LogP contribution in [0.2, 0.25) is 0 Å². The zero-order valence-corrected chi connectivity index (χ0v) is 13.7. The zero-order valence-electron chi connectivity index (χ0n) is 10.7. The molecule has 108 valence electrons. The van der Waals surface area contributed by atoms with Gasteiger partial charge in [0.15, 0.2) is 0 Å². The Hall–Kier alpha value is -2.36. The van der Waals surface area contributed by atoms with Crippen molar-refractivity contribution in [2.75, 3.05) is 6.61 Å². The van der Waals surface area contributed by atoms with Crippen molar-refractivity contribution in [1.29, 1.82) is 0 Å². The average Bonchev–Trinajstić information content (AvgIpc) is 2.59. The van der Waals surface area contributed by atoms with Crippen molar-refractivity contribution in [3.63, 3.8) is 0 Å². The number of rotatable bonds is 4. The first-order chi connectivity index (χ1) is 9.99. The molecule has 0 atom stereocenters. The number of hydrogen-bond acceptors (Lipinski definition) is 6. The van der Waals surface area contributed by atoms with Gasteiger partial charge in [-0.3, -0.25) is 0 Å². The van der Waals surface area contributed by atoms with Gasteiger partial charge in [-0.15, -0.1) is 0 Å². The molecule has 0 aliphatic heterocycles. The topological polar surface area (TPSA) is 94.6 Å². The second-order valence-corrected chi connectivity index (χ2v) is 19.5. The van der Waals surface area contributed by atoms with Crippen molar-refractivity contribution >= 4 is 25.9 Å². The Morgan fingerprint density at radius 3 is 1.76 bits per heavy atom. The van der Waals surface area contributed by atoms with Gasteiger partial charge in [-0.1, -0.05) is 0 Å². The molecule has 0 aromatic heterocycles. The molecule has 0 heterocycles. The van der Waals surface area contributed by atoms with E-state index >= 15 is 0 Å². The maximum absolute atomic E-state index is 11.1. The molecule has 1 rings (SSSR count). The standard InChI is InChI=1S/C9H10O.5CO.W/c1-10-8-7-9-5-3-2-4-6-9;5*1-2;/h1-6H,7-8H2;;;;;;. The van der Waals surface area contributed by atoms with Gasteiger partial charge in [0.05, 0.1) is 0 Å². The Morgan fingerprint density at radius 1 is 0.857 bits per heavy atom. The van der Waals surface area contributed by atoms with E-state index in [1.54, 1.807) is 24.3 Å². The van der Waals surface area contributed by atoms with Crippen molar-refractivity contribution in [3.8, 4) is 0 Å². The Balaban J connectivity index is 3.52. The van der Waals surface area contributed by atoms with Crippen molar-refractivity contribution in [3.05, 3.63) is 35.9 Å². The van der Waals surface area contributed by atoms with Crippen LogP contribution in [0.25, 0.3) is 0 Å². The van der Waals surface area contributed by atoms with Gasteiger partial charge < -0.3 is 0 Å². The van der Waals surface area contributed by atoms with Crippen LogP contribution in [0.3, 0.4) is 0 Å².